The van der Waals surface area contributed by atoms with Crippen LogP contribution in [0, 0.1) is 0 Å². The van der Waals surface area contributed by atoms with E-state index in [1.807, 2.05) is 30.3 Å². The second-order valence-electron chi connectivity index (χ2n) is 7.70. The topological polar surface area (TPSA) is 73.0 Å². The minimum atomic E-state index is -4.48. The second kappa shape index (κ2) is 11.3. The Labute approximate surface area is 204 Å². The molecule has 35 heavy (non-hydrogen) atoms. The van der Waals surface area contributed by atoms with Crippen molar-refractivity contribution in [1.82, 2.24) is 20.1 Å². The predicted octanol–water partition coefficient (Wildman–Crippen LogP) is 5.78. The van der Waals surface area contributed by atoms with E-state index in [-0.39, 0.29) is 11.6 Å². The maximum absolute atomic E-state index is 13.3. The number of carbonyl (C=O) groups is 1. The number of furan rings is 1. The Hall–Kier alpha value is -3.53. The standard InChI is InChI=1S/C25H23F3N4O2S/c26-25(27,28)19-9-4-10-20(17-19)32-23(21-11-5-15-34-21)30-31-24(32)35-16-6-12-22(33)29-14-13-18-7-2-1-3-8-18/h1-5,7-11,15,17H,6,12-14,16H2,(H,29,33). The number of hydrogen-bond acceptors (Lipinski definition) is 5. The fraction of sp³-hybridized carbons (Fsp3) is 0.240. The van der Waals surface area contributed by atoms with Gasteiger partial charge in [0.15, 0.2) is 10.9 Å². The maximum Gasteiger partial charge on any atom is 0.416 e. The number of rotatable bonds is 10. The summed E-state index contributed by atoms with van der Waals surface area (Å²) in [6.45, 7) is 0.562. The number of amides is 1. The lowest BCUT2D eigenvalue weighted by Gasteiger charge is -2.12. The fourth-order valence-corrected chi connectivity index (χ4v) is 4.35. The maximum atomic E-state index is 13.3. The summed E-state index contributed by atoms with van der Waals surface area (Å²) in [5.74, 6) is 1.19. The fourth-order valence-electron chi connectivity index (χ4n) is 3.46. The molecule has 2 heterocycles. The Morgan fingerprint density at radius 2 is 1.86 bits per heavy atom. The van der Waals surface area contributed by atoms with Gasteiger partial charge in [-0.2, -0.15) is 13.2 Å². The molecule has 0 aliphatic heterocycles. The number of halogens is 3. The summed E-state index contributed by atoms with van der Waals surface area (Å²) in [5.41, 5.74) is 0.666. The van der Waals surface area contributed by atoms with Crippen LogP contribution in [0.3, 0.4) is 0 Å². The minimum Gasteiger partial charge on any atom is -0.461 e. The lowest BCUT2D eigenvalue weighted by molar-refractivity contribution is -0.137. The molecule has 4 rings (SSSR count). The Morgan fingerprint density at radius 3 is 2.60 bits per heavy atom. The lowest BCUT2D eigenvalue weighted by atomic mass is 10.1. The van der Waals surface area contributed by atoms with E-state index in [1.54, 1.807) is 22.8 Å². The van der Waals surface area contributed by atoms with Gasteiger partial charge in [-0.3, -0.25) is 9.36 Å². The van der Waals surface area contributed by atoms with E-state index in [0.717, 1.165) is 24.1 Å². The highest BCUT2D eigenvalue weighted by atomic mass is 32.2. The Bertz CT molecular complexity index is 1240. The number of hydrogen-bond donors (Lipinski definition) is 1. The molecule has 0 saturated heterocycles. The molecule has 0 saturated carbocycles. The van der Waals surface area contributed by atoms with E-state index in [2.05, 4.69) is 15.5 Å². The van der Waals surface area contributed by atoms with Crippen LogP contribution in [0.15, 0.2) is 82.6 Å². The molecule has 0 spiro atoms. The molecule has 0 fully saturated rings. The van der Waals surface area contributed by atoms with Crippen molar-refractivity contribution in [3.63, 3.8) is 0 Å². The molecule has 0 unspecified atom stereocenters. The number of aromatic nitrogens is 3. The first-order valence-corrected chi connectivity index (χ1v) is 12.0. The molecule has 0 atom stereocenters. The first-order valence-electron chi connectivity index (χ1n) is 11.0. The average Bonchev–Trinajstić information content (AvgIpc) is 3.52. The summed E-state index contributed by atoms with van der Waals surface area (Å²) in [7, 11) is 0. The van der Waals surface area contributed by atoms with Gasteiger partial charge in [0, 0.05) is 18.7 Å². The quantitative estimate of drug-likeness (QED) is 0.221. The van der Waals surface area contributed by atoms with Crippen LogP contribution in [0.25, 0.3) is 17.3 Å². The third-order valence-corrected chi connectivity index (χ3v) is 6.18. The molecule has 4 aromatic rings. The molecular formula is C25H23F3N4O2S. The van der Waals surface area contributed by atoms with Gasteiger partial charge in [0.25, 0.3) is 0 Å². The van der Waals surface area contributed by atoms with Crippen molar-refractivity contribution in [2.75, 3.05) is 12.3 Å². The first kappa shape index (κ1) is 24.6. The average molecular weight is 501 g/mol. The van der Waals surface area contributed by atoms with E-state index >= 15 is 0 Å². The molecule has 1 N–H and O–H groups in total. The van der Waals surface area contributed by atoms with Gasteiger partial charge < -0.3 is 9.73 Å². The Balaban J connectivity index is 1.39. The van der Waals surface area contributed by atoms with Gasteiger partial charge in [-0.25, -0.2) is 0 Å². The van der Waals surface area contributed by atoms with Crippen molar-refractivity contribution in [2.24, 2.45) is 0 Å². The summed E-state index contributed by atoms with van der Waals surface area (Å²) in [6.07, 6.45) is -1.34. The number of nitrogens with one attached hydrogen (secondary N) is 1. The molecule has 0 bridgehead atoms. The predicted molar refractivity (Wildman–Crippen MR) is 127 cm³/mol. The third-order valence-electron chi connectivity index (χ3n) is 5.16. The van der Waals surface area contributed by atoms with Gasteiger partial charge in [-0.15, -0.1) is 10.2 Å². The molecule has 2 aromatic heterocycles. The largest absolute Gasteiger partial charge is 0.461 e. The zero-order chi connectivity index (χ0) is 24.7. The molecule has 0 radical (unpaired) electrons. The lowest BCUT2D eigenvalue weighted by Crippen LogP contribution is -2.25. The number of thioether (sulfide) groups is 1. The van der Waals surface area contributed by atoms with E-state index in [9.17, 15) is 18.0 Å². The van der Waals surface area contributed by atoms with E-state index < -0.39 is 11.7 Å². The first-order chi connectivity index (χ1) is 16.9. The van der Waals surface area contributed by atoms with Crippen LogP contribution in [0.5, 0.6) is 0 Å². The number of benzene rings is 2. The van der Waals surface area contributed by atoms with Gasteiger partial charge in [-0.05, 0) is 48.7 Å². The molecule has 1 amide bonds. The van der Waals surface area contributed by atoms with Crippen molar-refractivity contribution in [1.29, 1.82) is 0 Å². The Kier molecular flexibility index (Phi) is 7.91. The van der Waals surface area contributed by atoms with Crippen LogP contribution < -0.4 is 5.32 Å². The van der Waals surface area contributed by atoms with E-state index in [0.29, 0.717) is 41.9 Å². The van der Waals surface area contributed by atoms with E-state index in [1.165, 1.54) is 24.1 Å². The number of carbonyl (C=O) groups excluding carboxylic acids is 1. The highest BCUT2D eigenvalue weighted by Gasteiger charge is 2.31. The van der Waals surface area contributed by atoms with Gasteiger partial charge in [0.1, 0.15) is 0 Å². The SMILES string of the molecule is O=C(CCCSc1nnc(-c2ccco2)n1-c1cccc(C(F)(F)F)c1)NCCc1ccccc1. The molecular weight excluding hydrogens is 477 g/mol. The molecule has 10 heteroatoms. The van der Waals surface area contributed by atoms with Crippen LogP contribution in [-0.2, 0) is 17.4 Å². The van der Waals surface area contributed by atoms with Crippen LogP contribution in [0.1, 0.15) is 24.0 Å². The zero-order valence-corrected chi connectivity index (χ0v) is 19.5. The number of alkyl halides is 3. The zero-order valence-electron chi connectivity index (χ0n) is 18.7. The molecule has 0 aliphatic carbocycles. The van der Waals surface area contributed by atoms with E-state index in [4.69, 9.17) is 4.42 Å². The molecule has 2 aromatic carbocycles. The molecule has 182 valence electrons. The summed E-state index contributed by atoms with van der Waals surface area (Å²) < 4.78 is 46.8. The summed E-state index contributed by atoms with van der Waals surface area (Å²) >= 11 is 1.32. The normalized spacial score (nSPS) is 11.5. The molecule has 0 aliphatic rings. The minimum absolute atomic E-state index is 0.0443. The summed E-state index contributed by atoms with van der Waals surface area (Å²) in [4.78, 5) is 12.2. The Morgan fingerprint density at radius 1 is 1.03 bits per heavy atom. The second-order valence-corrected chi connectivity index (χ2v) is 8.77. The van der Waals surface area contributed by atoms with Crippen LogP contribution in [-0.4, -0.2) is 33.0 Å². The van der Waals surface area contributed by atoms with Crippen LogP contribution in [0.2, 0.25) is 0 Å². The van der Waals surface area contributed by atoms with Gasteiger partial charge in [0.05, 0.1) is 17.5 Å². The monoisotopic (exact) mass is 500 g/mol. The summed E-state index contributed by atoms with van der Waals surface area (Å²) in [5, 5.41) is 11.6. The highest BCUT2D eigenvalue weighted by Crippen LogP contribution is 2.33. The van der Waals surface area contributed by atoms with Crippen molar-refractivity contribution in [2.45, 2.75) is 30.6 Å². The molecule has 6 nitrogen and oxygen atoms in total. The smallest absolute Gasteiger partial charge is 0.416 e. The van der Waals surface area contributed by atoms with Crippen molar-refractivity contribution >= 4 is 17.7 Å². The van der Waals surface area contributed by atoms with Gasteiger partial charge in [0.2, 0.25) is 11.7 Å². The van der Waals surface area contributed by atoms with Gasteiger partial charge in [-0.1, -0.05) is 48.2 Å². The van der Waals surface area contributed by atoms with Crippen LogP contribution >= 0.6 is 11.8 Å². The van der Waals surface area contributed by atoms with Crippen molar-refractivity contribution in [3.8, 4) is 17.3 Å². The van der Waals surface area contributed by atoms with Crippen molar-refractivity contribution < 1.29 is 22.4 Å². The third kappa shape index (κ3) is 6.54. The van der Waals surface area contributed by atoms with Gasteiger partial charge >= 0.3 is 6.18 Å². The highest BCUT2D eigenvalue weighted by molar-refractivity contribution is 7.99. The van der Waals surface area contributed by atoms with Crippen molar-refractivity contribution in [3.05, 3.63) is 84.1 Å². The number of nitrogens with zero attached hydrogens (tertiary/aromatic N) is 3. The summed E-state index contributed by atoms with van der Waals surface area (Å²) in [6, 6.07) is 18.2. The van der Waals surface area contributed by atoms with Crippen LogP contribution in [0.4, 0.5) is 13.2 Å².